The van der Waals surface area contributed by atoms with E-state index in [0.717, 1.165) is 25.1 Å². The van der Waals surface area contributed by atoms with Crippen LogP contribution >= 0.6 is 7.60 Å². The molecule has 12 nitrogen and oxygen atoms in total. The SMILES string of the molecule is CCC(C)(C[C@H]1O[C@@H](N=CN(C)C(=O)NC(C)=O)[C@H](O)[C@@H]1O)OP(=O)(O)C(C)(C)O. The van der Waals surface area contributed by atoms with E-state index in [2.05, 4.69) is 4.99 Å². The highest BCUT2D eigenvalue weighted by Gasteiger charge is 2.49. The lowest BCUT2D eigenvalue weighted by atomic mass is 9.93. The van der Waals surface area contributed by atoms with Crippen molar-refractivity contribution in [2.75, 3.05) is 7.05 Å². The number of amides is 3. The maximum absolute atomic E-state index is 12.4. The zero-order chi connectivity index (χ0) is 23.5. The van der Waals surface area contributed by atoms with E-state index >= 15 is 0 Å². The van der Waals surface area contributed by atoms with Crippen LogP contribution in [0.3, 0.4) is 0 Å². The first kappa shape index (κ1) is 26.6. The average Bonchev–Trinajstić information content (AvgIpc) is 2.85. The highest BCUT2D eigenvalue weighted by molar-refractivity contribution is 7.54. The smallest absolute Gasteiger partial charge is 0.359 e. The second kappa shape index (κ2) is 9.82. The van der Waals surface area contributed by atoms with Crippen molar-refractivity contribution in [3.63, 3.8) is 0 Å². The van der Waals surface area contributed by atoms with Gasteiger partial charge in [0.25, 0.3) is 0 Å². The van der Waals surface area contributed by atoms with E-state index < -0.39 is 55.0 Å². The van der Waals surface area contributed by atoms with Crippen LogP contribution in [-0.4, -0.2) is 85.9 Å². The van der Waals surface area contributed by atoms with Gasteiger partial charge in [0.05, 0.1) is 18.0 Å². The largest absolute Gasteiger partial charge is 0.388 e. The topological polar surface area (TPSA) is 178 Å². The van der Waals surface area contributed by atoms with Crippen LogP contribution in [0.5, 0.6) is 0 Å². The highest BCUT2D eigenvalue weighted by atomic mass is 31.2. The van der Waals surface area contributed by atoms with Crippen molar-refractivity contribution < 1.29 is 43.6 Å². The van der Waals surface area contributed by atoms with Gasteiger partial charge in [-0.15, -0.1) is 0 Å². The highest BCUT2D eigenvalue weighted by Crippen LogP contribution is 2.57. The summed E-state index contributed by atoms with van der Waals surface area (Å²) in [6.07, 6.45) is -3.80. The predicted octanol–water partition coefficient (Wildman–Crippen LogP) is 0.139. The number of carbonyl (C=O) groups excluding carboxylic acids is 2. The lowest BCUT2D eigenvalue weighted by molar-refractivity contribution is -0.118. The van der Waals surface area contributed by atoms with E-state index in [0.29, 0.717) is 0 Å². The Balaban J connectivity index is 2.87. The Morgan fingerprint density at radius 2 is 1.87 bits per heavy atom. The number of aliphatic hydroxyl groups is 3. The third kappa shape index (κ3) is 6.81. The number of ether oxygens (including phenoxy) is 1. The van der Waals surface area contributed by atoms with Crippen LogP contribution in [-0.2, 0) is 18.6 Å². The fourth-order valence-electron chi connectivity index (χ4n) is 2.56. The molecule has 1 heterocycles. The number of hydrogen-bond donors (Lipinski definition) is 5. The van der Waals surface area contributed by atoms with Crippen molar-refractivity contribution in [1.82, 2.24) is 10.2 Å². The van der Waals surface area contributed by atoms with E-state index in [1.54, 1.807) is 6.92 Å². The van der Waals surface area contributed by atoms with Crippen molar-refractivity contribution in [3.8, 4) is 0 Å². The maximum Gasteiger partial charge on any atom is 0.359 e. The Labute approximate surface area is 175 Å². The molecule has 0 aromatic heterocycles. The number of urea groups is 1. The van der Waals surface area contributed by atoms with Gasteiger partial charge in [-0.25, -0.2) is 9.79 Å². The van der Waals surface area contributed by atoms with Gasteiger partial charge in [-0.3, -0.25) is 19.6 Å². The van der Waals surface area contributed by atoms with Crippen LogP contribution in [0.1, 0.15) is 47.5 Å². The summed E-state index contributed by atoms with van der Waals surface area (Å²) in [5.41, 5.74) is -1.26. The van der Waals surface area contributed by atoms with Crippen molar-refractivity contribution in [2.24, 2.45) is 4.99 Å². The number of imide groups is 1. The fraction of sp³-hybridized carbons (Fsp3) is 0.824. The second-order valence-corrected chi connectivity index (χ2v) is 10.3. The Hall–Kier alpha value is -1.40. The van der Waals surface area contributed by atoms with Crippen LogP contribution in [0.4, 0.5) is 4.79 Å². The van der Waals surface area contributed by atoms with Crippen LogP contribution < -0.4 is 5.32 Å². The molecule has 0 aromatic rings. The van der Waals surface area contributed by atoms with Gasteiger partial charge in [0.2, 0.25) is 5.91 Å². The summed E-state index contributed by atoms with van der Waals surface area (Å²) in [6, 6.07) is -0.742. The van der Waals surface area contributed by atoms with Gasteiger partial charge in [0.1, 0.15) is 12.2 Å². The van der Waals surface area contributed by atoms with Gasteiger partial charge in [-0.1, -0.05) is 6.92 Å². The normalized spacial score (nSPS) is 28.7. The second-order valence-electron chi connectivity index (χ2n) is 8.02. The molecule has 0 aromatic carbocycles. The molecule has 1 aliphatic rings. The molecule has 13 heteroatoms. The summed E-state index contributed by atoms with van der Waals surface area (Å²) in [5.74, 6) is -0.557. The lowest BCUT2D eigenvalue weighted by Crippen LogP contribution is -2.40. The molecule has 174 valence electrons. The van der Waals surface area contributed by atoms with Gasteiger partial charge in [0, 0.05) is 20.4 Å². The molecular weight excluding hydrogens is 421 g/mol. The minimum atomic E-state index is -4.42. The number of hydrogen-bond acceptors (Lipinski definition) is 9. The Morgan fingerprint density at radius 3 is 2.33 bits per heavy atom. The van der Waals surface area contributed by atoms with Gasteiger partial charge >= 0.3 is 13.6 Å². The number of aliphatic hydroxyl groups excluding tert-OH is 2. The number of carbonyl (C=O) groups is 2. The van der Waals surface area contributed by atoms with Gasteiger partial charge in [0.15, 0.2) is 11.6 Å². The van der Waals surface area contributed by atoms with Crippen molar-refractivity contribution in [2.45, 2.75) is 82.9 Å². The molecule has 30 heavy (non-hydrogen) atoms. The first-order valence-corrected chi connectivity index (χ1v) is 11.0. The molecular formula is C17H32N3O9P. The van der Waals surface area contributed by atoms with E-state index in [1.807, 2.05) is 5.32 Å². The standard InChI is InChI=1S/C17H32N3O9P/c1-7-17(5,29-30(26,27)16(3,4)25)8-11-12(22)13(23)14(28-11)18-9-20(6)15(24)19-10(2)21/h9,11-14,22-23,25H,7-8H2,1-6H3,(H,26,27)(H,19,21,24)/t11-,12-,13-,14-,17?/m1/s1. The summed E-state index contributed by atoms with van der Waals surface area (Å²) >= 11 is 0. The Morgan fingerprint density at radius 1 is 1.30 bits per heavy atom. The Kier molecular flexibility index (Phi) is 8.72. The van der Waals surface area contributed by atoms with E-state index in [9.17, 15) is 34.4 Å². The summed E-state index contributed by atoms with van der Waals surface area (Å²) in [7, 11) is -3.09. The van der Waals surface area contributed by atoms with Gasteiger partial charge < -0.3 is 29.5 Å². The van der Waals surface area contributed by atoms with E-state index in [4.69, 9.17) is 9.26 Å². The number of aliphatic imine (C=N–C) groups is 1. The van der Waals surface area contributed by atoms with Crippen LogP contribution in [0.15, 0.2) is 4.99 Å². The molecule has 0 spiro atoms. The molecule has 5 N–H and O–H groups in total. The quantitative estimate of drug-likeness (QED) is 0.194. The molecule has 0 bridgehead atoms. The summed E-state index contributed by atoms with van der Waals surface area (Å²) in [4.78, 5) is 37.5. The third-order valence-electron chi connectivity index (χ3n) is 4.74. The number of nitrogens with one attached hydrogen (secondary N) is 1. The predicted molar refractivity (Wildman–Crippen MR) is 107 cm³/mol. The zero-order valence-corrected chi connectivity index (χ0v) is 18.9. The summed E-state index contributed by atoms with van der Waals surface area (Å²) in [5, 5.41) is 30.5. The third-order valence-corrected chi connectivity index (χ3v) is 6.82. The minimum Gasteiger partial charge on any atom is -0.388 e. The summed E-state index contributed by atoms with van der Waals surface area (Å²) in [6.45, 7) is 6.70. The molecule has 3 amide bonds. The first-order valence-electron chi connectivity index (χ1n) is 9.38. The van der Waals surface area contributed by atoms with Crippen LogP contribution in [0.2, 0.25) is 0 Å². The molecule has 1 saturated heterocycles. The number of nitrogens with zero attached hydrogens (tertiary/aromatic N) is 2. The van der Waals surface area contributed by atoms with Crippen molar-refractivity contribution in [3.05, 3.63) is 0 Å². The summed E-state index contributed by atoms with van der Waals surface area (Å²) < 4.78 is 23.3. The van der Waals surface area contributed by atoms with Gasteiger partial charge in [-0.05, 0) is 27.2 Å². The molecule has 1 aliphatic heterocycles. The van der Waals surface area contributed by atoms with Gasteiger partial charge in [-0.2, -0.15) is 0 Å². The molecule has 0 aliphatic carbocycles. The van der Waals surface area contributed by atoms with Crippen LogP contribution in [0, 0.1) is 0 Å². The lowest BCUT2D eigenvalue weighted by Gasteiger charge is -2.36. The maximum atomic E-state index is 12.4. The zero-order valence-electron chi connectivity index (χ0n) is 18.0. The first-order chi connectivity index (χ1) is 13.5. The van der Waals surface area contributed by atoms with E-state index in [-0.39, 0.29) is 12.8 Å². The van der Waals surface area contributed by atoms with Crippen LogP contribution in [0.25, 0.3) is 0 Å². The monoisotopic (exact) mass is 453 g/mol. The minimum absolute atomic E-state index is 0.0744. The number of rotatable bonds is 8. The molecule has 2 unspecified atom stereocenters. The Bertz CT molecular complexity index is 711. The van der Waals surface area contributed by atoms with E-state index in [1.165, 1.54) is 20.9 Å². The molecule has 1 rings (SSSR count). The van der Waals surface area contributed by atoms with Crippen molar-refractivity contribution >= 4 is 25.9 Å². The fourth-order valence-corrected chi connectivity index (χ4v) is 3.58. The van der Waals surface area contributed by atoms with Crippen molar-refractivity contribution in [1.29, 1.82) is 0 Å². The average molecular weight is 453 g/mol. The molecule has 1 fully saturated rings. The molecule has 6 atom stereocenters. The molecule has 0 radical (unpaired) electrons. The molecule has 0 saturated carbocycles.